The van der Waals surface area contributed by atoms with Gasteiger partial charge in [-0.2, -0.15) is 0 Å². The van der Waals surface area contributed by atoms with Crippen molar-refractivity contribution < 1.29 is 19.1 Å². The van der Waals surface area contributed by atoms with Gasteiger partial charge >= 0.3 is 11.9 Å². The number of likely N-dealkylation sites (tertiary alicyclic amines) is 1. The molecule has 1 heterocycles. The maximum absolute atomic E-state index is 12.3. The largest absolute Gasteiger partial charge is 0.464 e. The summed E-state index contributed by atoms with van der Waals surface area (Å²) in [5.41, 5.74) is 0.711. The molecule has 2 atom stereocenters. The molecule has 0 bridgehead atoms. The molecule has 0 amide bonds. The van der Waals surface area contributed by atoms with Crippen LogP contribution in [0.1, 0.15) is 52.5 Å². The number of nitrogens with zero attached hydrogens (tertiary/aromatic N) is 1. The van der Waals surface area contributed by atoms with Crippen LogP contribution < -0.4 is 0 Å². The van der Waals surface area contributed by atoms with Gasteiger partial charge in [-0.25, -0.2) is 0 Å². The lowest BCUT2D eigenvalue weighted by atomic mass is 10.1. The Balaban J connectivity index is 2.05. The van der Waals surface area contributed by atoms with Gasteiger partial charge < -0.3 is 9.47 Å². The van der Waals surface area contributed by atoms with E-state index in [1.807, 2.05) is 39.0 Å². The van der Waals surface area contributed by atoms with Crippen molar-refractivity contribution in [3.05, 3.63) is 35.9 Å². The summed E-state index contributed by atoms with van der Waals surface area (Å²) < 4.78 is 10.7. The average molecular weight is 347 g/mol. The summed E-state index contributed by atoms with van der Waals surface area (Å²) in [6, 6.07) is 10.4. The predicted octanol–water partition coefficient (Wildman–Crippen LogP) is 3.31. The predicted molar refractivity (Wildman–Crippen MR) is 95.9 cm³/mol. The number of benzene rings is 1. The van der Waals surface area contributed by atoms with Crippen LogP contribution in [-0.4, -0.2) is 41.1 Å². The minimum atomic E-state index is -0.475. The molecule has 1 aromatic carbocycles. The van der Waals surface area contributed by atoms with Crippen molar-refractivity contribution in [1.29, 1.82) is 0 Å². The summed E-state index contributed by atoms with van der Waals surface area (Å²) in [4.78, 5) is 25.7. The molecule has 0 radical (unpaired) electrons. The average Bonchev–Trinajstić information content (AvgIpc) is 2.86. The summed E-state index contributed by atoms with van der Waals surface area (Å²) in [7, 11) is 0. The molecular formula is C20H29NO4. The summed E-state index contributed by atoms with van der Waals surface area (Å²) in [5.74, 6) is -0.445. The zero-order valence-electron chi connectivity index (χ0n) is 15.7. The molecule has 2 rings (SSSR count). The maximum Gasteiger partial charge on any atom is 0.307 e. The minimum absolute atomic E-state index is 0.107. The normalized spacial score (nSPS) is 21.1. The fraction of sp³-hybridized carbons (Fsp3) is 0.600. The van der Waals surface area contributed by atoms with E-state index in [1.54, 1.807) is 0 Å². The van der Waals surface area contributed by atoms with Gasteiger partial charge in [0.1, 0.15) is 12.2 Å². The molecule has 1 aromatic rings. The Morgan fingerprint density at radius 2 is 1.76 bits per heavy atom. The molecule has 1 fully saturated rings. The molecule has 5 heteroatoms. The molecule has 25 heavy (non-hydrogen) atoms. The highest BCUT2D eigenvalue weighted by atomic mass is 16.6. The molecule has 0 saturated carbocycles. The third-order valence-corrected chi connectivity index (χ3v) is 4.28. The maximum atomic E-state index is 12.3. The van der Waals surface area contributed by atoms with E-state index in [0.29, 0.717) is 13.0 Å². The van der Waals surface area contributed by atoms with Gasteiger partial charge in [-0.05, 0) is 39.2 Å². The Labute approximate surface area is 150 Å². The van der Waals surface area contributed by atoms with Gasteiger partial charge in [0.15, 0.2) is 0 Å². The highest BCUT2D eigenvalue weighted by Crippen LogP contribution is 2.29. The fourth-order valence-electron chi connectivity index (χ4n) is 3.25. The molecule has 5 nitrogen and oxygen atoms in total. The van der Waals surface area contributed by atoms with E-state index in [1.165, 1.54) is 12.5 Å². The van der Waals surface area contributed by atoms with Crippen LogP contribution in [0.2, 0.25) is 0 Å². The Kier molecular flexibility index (Phi) is 6.59. The first-order valence-corrected chi connectivity index (χ1v) is 8.89. The van der Waals surface area contributed by atoms with Crippen LogP contribution in [0.25, 0.3) is 0 Å². The highest BCUT2D eigenvalue weighted by Gasteiger charge is 2.36. The van der Waals surface area contributed by atoms with Gasteiger partial charge in [0.05, 0.1) is 6.42 Å². The van der Waals surface area contributed by atoms with Crippen molar-refractivity contribution >= 4 is 11.9 Å². The van der Waals surface area contributed by atoms with Crippen molar-refractivity contribution in [2.24, 2.45) is 0 Å². The number of hydrogen-bond donors (Lipinski definition) is 0. The van der Waals surface area contributed by atoms with Crippen LogP contribution in [0.5, 0.6) is 0 Å². The van der Waals surface area contributed by atoms with Crippen LogP contribution in [0.4, 0.5) is 0 Å². The van der Waals surface area contributed by atoms with Crippen LogP contribution in [-0.2, 0) is 25.6 Å². The van der Waals surface area contributed by atoms with E-state index in [0.717, 1.165) is 19.4 Å². The van der Waals surface area contributed by atoms with Crippen LogP contribution >= 0.6 is 0 Å². The zero-order valence-corrected chi connectivity index (χ0v) is 15.7. The van der Waals surface area contributed by atoms with E-state index in [4.69, 9.17) is 9.47 Å². The second-order valence-corrected chi connectivity index (χ2v) is 7.64. The number of carbonyl (C=O) groups is 2. The molecule has 0 unspecified atom stereocenters. The second-order valence-electron chi connectivity index (χ2n) is 7.64. The minimum Gasteiger partial charge on any atom is -0.464 e. The Bertz CT molecular complexity index is 579. The van der Waals surface area contributed by atoms with Gasteiger partial charge in [-0.1, -0.05) is 30.3 Å². The van der Waals surface area contributed by atoms with E-state index in [-0.39, 0.29) is 24.0 Å². The summed E-state index contributed by atoms with van der Waals surface area (Å²) in [6.07, 6.45) is 2.17. The number of hydrogen-bond acceptors (Lipinski definition) is 5. The lowest BCUT2D eigenvalue weighted by Gasteiger charge is -2.30. The third-order valence-electron chi connectivity index (χ3n) is 4.28. The van der Waals surface area contributed by atoms with Gasteiger partial charge in [0.25, 0.3) is 0 Å². The van der Waals surface area contributed by atoms with E-state index >= 15 is 0 Å². The molecule has 0 aromatic heterocycles. The van der Waals surface area contributed by atoms with Crippen LogP contribution in [0.3, 0.4) is 0 Å². The Morgan fingerprint density at radius 1 is 1.12 bits per heavy atom. The number of carbonyl (C=O) groups excluding carboxylic acids is 2. The number of esters is 2. The van der Waals surface area contributed by atoms with Gasteiger partial charge in [0.2, 0.25) is 0 Å². The lowest BCUT2D eigenvalue weighted by Crippen LogP contribution is -2.40. The molecule has 0 N–H and O–H groups in total. The number of ether oxygens (including phenoxy) is 2. The Hall–Kier alpha value is -1.88. The van der Waals surface area contributed by atoms with Crippen molar-refractivity contribution in [2.45, 2.75) is 71.2 Å². The first kappa shape index (κ1) is 19.4. The zero-order chi connectivity index (χ0) is 18.4. The topological polar surface area (TPSA) is 55.8 Å². The molecule has 1 aliphatic rings. The standard InChI is InChI=1S/C20H29NO4/c1-15(22)24-14-18-11-10-17(12-19(23)25-20(2,3)4)21(18)13-16-8-6-5-7-9-16/h5-9,17-18H,10-14H2,1-4H3/t17-,18-/m1/s1. The molecular weight excluding hydrogens is 318 g/mol. The summed E-state index contributed by atoms with van der Waals surface area (Å²) in [6.45, 7) is 8.17. The van der Waals surface area contributed by atoms with Crippen molar-refractivity contribution in [3.8, 4) is 0 Å². The highest BCUT2D eigenvalue weighted by molar-refractivity contribution is 5.70. The van der Waals surface area contributed by atoms with E-state index in [9.17, 15) is 9.59 Å². The lowest BCUT2D eigenvalue weighted by molar-refractivity contribution is -0.156. The SMILES string of the molecule is CC(=O)OC[C@H]1CC[C@H](CC(=O)OC(C)(C)C)N1Cc1ccccc1. The first-order chi connectivity index (χ1) is 11.7. The fourth-order valence-corrected chi connectivity index (χ4v) is 3.25. The van der Waals surface area contributed by atoms with Gasteiger partial charge in [-0.15, -0.1) is 0 Å². The summed E-state index contributed by atoms with van der Waals surface area (Å²) >= 11 is 0. The van der Waals surface area contributed by atoms with Crippen molar-refractivity contribution in [2.75, 3.05) is 6.61 Å². The van der Waals surface area contributed by atoms with Crippen LogP contribution in [0.15, 0.2) is 30.3 Å². The van der Waals surface area contributed by atoms with E-state index in [2.05, 4.69) is 17.0 Å². The number of rotatable bonds is 6. The van der Waals surface area contributed by atoms with Crippen LogP contribution in [0, 0.1) is 0 Å². The van der Waals surface area contributed by atoms with E-state index < -0.39 is 5.60 Å². The second kappa shape index (κ2) is 8.48. The third kappa shape index (κ3) is 6.50. The monoisotopic (exact) mass is 347 g/mol. The molecule has 0 spiro atoms. The summed E-state index contributed by atoms with van der Waals surface area (Å²) in [5, 5.41) is 0. The first-order valence-electron chi connectivity index (χ1n) is 8.89. The van der Waals surface area contributed by atoms with Crippen molar-refractivity contribution in [3.63, 3.8) is 0 Å². The Morgan fingerprint density at radius 3 is 2.36 bits per heavy atom. The quantitative estimate of drug-likeness (QED) is 0.739. The molecule has 1 aliphatic heterocycles. The van der Waals surface area contributed by atoms with Gasteiger partial charge in [-0.3, -0.25) is 14.5 Å². The van der Waals surface area contributed by atoms with Crippen molar-refractivity contribution in [1.82, 2.24) is 4.90 Å². The molecule has 1 saturated heterocycles. The molecule has 0 aliphatic carbocycles. The molecule has 138 valence electrons. The van der Waals surface area contributed by atoms with Gasteiger partial charge in [0, 0.05) is 25.6 Å². The smallest absolute Gasteiger partial charge is 0.307 e.